The highest BCUT2D eigenvalue weighted by Crippen LogP contribution is 2.58. The van der Waals surface area contributed by atoms with Gasteiger partial charge in [-0.15, -0.1) is 0 Å². The van der Waals surface area contributed by atoms with Crippen molar-refractivity contribution in [1.82, 2.24) is 4.44 Å². The van der Waals surface area contributed by atoms with Crippen LogP contribution in [0.5, 0.6) is 0 Å². The zero-order chi connectivity index (χ0) is 25.5. The summed E-state index contributed by atoms with van der Waals surface area (Å²) in [5.74, 6) is 0. The van der Waals surface area contributed by atoms with Gasteiger partial charge in [0.25, 0.3) is 0 Å². The summed E-state index contributed by atoms with van der Waals surface area (Å²) < 4.78 is 2.84. The average molecular weight is 518 g/mol. The van der Waals surface area contributed by atoms with E-state index in [2.05, 4.69) is 158 Å². The summed E-state index contributed by atoms with van der Waals surface area (Å²) in [6.45, 7) is 4.56. The molecule has 0 amide bonds. The summed E-state index contributed by atoms with van der Waals surface area (Å²) in [7, 11) is -1.69. The van der Waals surface area contributed by atoms with Crippen LogP contribution in [0.3, 0.4) is 0 Å². The molecule has 0 heterocycles. The van der Waals surface area contributed by atoms with Gasteiger partial charge in [-0.25, -0.2) is 0 Å². The van der Waals surface area contributed by atoms with Gasteiger partial charge in [-0.05, 0) is 18.9 Å². The van der Waals surface area contributed by atoms with E-state index in [0.717, 1.165) is 12.8 Å². The molecule has 0 radical (unpaired) electrons. The van der Waals surface area contributed by atoms with E-state index in [4.69, 9.17) is 0 Å². The second-order valence-electron chi connectivity index (χ2n) is 9.13. The molecule has 3 heteroatoms. The van der Waals surface area contributed by atoms with Crippen molar-refractivity contribution in [2.24, 2.45) is 0 Å². The predicted octanol–water partition coefficient (Wildman–Crippen LogP) is 7.95. The van der Waals surface area contributed by atoms with Crippen LogP contribution in [-0.2, 0) is 0 Å². The SMILES string of the molecule is CCC1=C(N(P(c2ccccc2)c2ccccc2)P(c2ccccc2)c2ccccc2)CC(C)=CC=C1. The zero-order valence-electron chi connectivity index (χ0n) is 21.5. The summed E-state index contributed by atoms with van der Waals surface area (Å²) in [6, 6.07) is 44.5. The Bertz CT molecular complexity index is 1220. The van der Waals surface area contributed by atoms with Crippen LogP contribution in [0.2, 0.25) is 0 Å². The van der Waals surface area contributed by atoms with Crippen LogP contribution in [0.25, 0.3) is 0 Å². The second kappa shape index (κ2) is 12.3. The van der Waals surface area contributed by atoms with E-state index in [-0.39, 0.29) is 0 Å². The van der Waals surface area contributed by atoms with Gasteiger partial charge >= 0.3 is 0 Å². The van der Waals surface area contributed by atoms with Gasteiger partial charge < -0.3 is 4.44 Å². The number of hydrogen-bond donors (Lipinski definition) is 0. The van der Waals surface area contributed by atoms with Gasteiger partial charge in [0.05, 0.1) is 16.1 Å². The van der Waals surface area contributed by atoms with E-state index >= 15 is 0 Å². The lowest BCUT2D eigenvalue weighted by atomic mass is 10.1. The van der Waals surface area contributed by atoms with E-state index in [1.807, 2.05) is 0 Å². The smallest absolute Gasteiger partial charge is 0.0587 e. The van der Waals surface area contributed by atoms with Gasteiger partial charge in [-0.1, -0.05) is 152 Å². The molecular formula is C34H33NP2. The first-order chi connectivity index (χ1) is 18.3. The third-order valence-electron chi connectivity index (χ3n) is 6.50. The first kappa shape index (κ1) is 25.4. The molecule has 4 aromatic carbocycles. The Kier molecular flexibility index (Phi) is 8.47. The Labute approximate surface area is 224 Å². The molecule has 0 spiro atoms. The molecule has 4 aromatic rings. The van der Waals surface area contributed by atoms with Gasteiger partial charge in [0.2, 0.25) is 0 Å². The van der Waals surface area contributed by atoms with Gasteiger partial charge in [0, 0.05) is 33.3 Å². The fraction of sp³-hybridized carbons (Fsp3) is 0.118. The number of rotatable bonds is 8. The minimum Gasteiger partial charge on any atom is -0.316 e. The molecule has 0 aromatic heterocycles. The quantitative estimate of drug-likeness (QED) is 0.214. The Morgan fingerprint density at radius 2 is 0.973 bits per heavy atom. The van der Waals surface area contributed by atoms with Crippen molar-refractivity contribution < 1.29 is 0 Å². The van der Waals surface area contributed by atoms with Crippen LogP contribution < -0.4 is 21.2 Å². The molecule has 1 nitrogen and oxygen atoms in total. The molecule has 0 saturated heterocycles. The van der Waals surface area contributed by atoms with Crippen molar-refractivity contribution in [3.63, 3.8) is 0 Å². The number of allylic oxidation sites excluding steroid dienone is 5. The van der Waals surface area contributed by atoms with Crippen LogP contribution in [0.15, 0.2) is 156 Å². The number of hydrogen-bond acceptors (Lipinski definition) is 1. The van der Waals surface area contributed by atoms with Gasteiger partial charge in [0.1, 0.15) is 0 Å². The highest BCUT2D eigenvalue weighted by Gasteiger charge is 2.34. The van der Waals surface area contributed by atoms with Crippen LogP contribution in [0.4, 0.5) is 0 Å². The Balaban J connectivity index is 1.84. The summed E-state index contributed by atoms with van der Waals surface area (Å²) in [5.41, 5.74) is 4.27. The highest BCUT2D eigenvalue weighted by atomic mass is 31.2. The van der Waals surface area contributed by atoms with Crippen molar-refractivity contribution >= 4 is 37.4 Å². The molecule has 0 bridgehead atoms. The normalized spacial score (nSPS) is 13.6. The van der Waals surface area contributed by atoms with E-state index in [9.17, 15) is 0 Å². The number of benzene rings is 4. The first-order valence-electron chi connectivity index (χ1n) is 12.9. The Morgan fingerprint density at radius 3 is 1.32 bits per heavy atom. The minimum atomic E-state index is -0.844. The molecule has 0 aliphatic heterocycles. The van der Waals surface area contributed by atoms with E-state index in [0.29, 0.717) is 0 Å². The third-order valence-corrected chi connectivity index (χ3v) is 12.0. The standard InChI is InChI=1S/C34H33NP2/c1-3-29-18-16-17-28(2)27-34(29)35(36(30-19-8-4-9-20-30)31-21-10-5-11-22-31)37(32-23-12-6-13-24-32)33-25-14-7-15-26-33/h4-26H,3,27H2,1-2H3. The molecule has 184 valence electrons. The van der Waals surface area contributed by atoms with Crippen molar-refractivity contribution in [3.8, 4) is 0 Å². The topological polar surface area (TPSA) is 3.24 Å². The van der Waals surface area contributed by atoms with E-state index in [1.165, 1.54) is 38.1 Å². The largest absolute Gasteiger partial charge is 0.316 e. The lowest BCUT2D eigenvalue weighted by Crippen LogP contribution is -2.32. The van der Waals surface area contributed by atoms with Crippen LogP contribution in [0, 0.1) is 0 Å². The fourth-order valence-electron chi connectivity index (χ4n) is 4.73. The van der Waals surface area contributed by atoms with Crippen LogP contribution in [0.1, 0.15) is 26.7 Å². The van der Waals surface area contributed by atoms with E-state index in [1.54, 1.807) is 0 Å². The maximum atomic E-state index is 2.84. The minimum absolute atomic E-state index is 0.844. The predicted molar refractivity (Wildman–Crippen MR) is 165 cm³/mol. The molecule has 0 atom stereocenters. The van der Waals surface area contributed by atoms with Crippen molar-refractivity contribution in [2.75, 3.05) is 0 Å². The highest BCUT2D eigenvalue weighted by molar-refractivity contribution is 7.84. The van der Waals surface area contributed by atoms with Crippen LogP contribution in [-0.4, -0.2) is 4.44 Å². The summed E-state index contributed by atoms with van der Waals surface area (Å²) in [4.78, 5) is 0. The van der Waals surface area contributed by atoms with Crippen molar-refractivity contribution in [2.45, 2.75) is 26.7 Å². The molecule has 1 aliphatic carbocycles. The summed E-state index contributed by atoms with van der Waals surface area (Å²) in [5, 5.41) is 5.50. The monoisotopic (exact) mass is 517 g/mol. The second-order valence-corrected chi connectivity index (χ2v) is 13.6. The summed E-state index contributed by atoms with van der Waals surface area (Å²) in [6.07, 6.45) is 8.81. The van der Waals surface area contributed by atoms with Gasteiger partial charge in [0.15, 0.2) is 0 Å². The lowest BCUT2D eigenvalue weighted by molar-refractivity contribution is 0.806. The molecular weight excluding hydrogens is 484 g/mol. The lowest BCUT2D eigenvalue weighted by Gasteiger charge is -2.43. The third kappa shape index (κ3) is 5.86. The average Bonchev–Trinajstić information content (AvgIpc) is 3.15. The number of nitrogens with zero attached hydrogens (tertiary/aromatic N) is 1. The fourth-order valence-corrected chi connectivity index (χ4v) is 10.9. The Hall–Kier alpha value is -3.24. The maximum absolute atomic E-state index is 2.84. The zero-order valence-corrected chi connectivity index (χ0v) is 23.3. The molecule has 0 saturated carbocycles. The first-order valence-corrected chi connectivity index (χ1v) is 15.5. The molecule has 0 fully saturated rings. The van der Waals surface area contributed by atoms with Gasteiger partial charge in [-0.2, -0.15) is 0 Å². The van der Waals surface area contributed by atoms with E-state index < -0.39 is 16.1 Å². The molecule has 37 heavy (non-hydrogen) atoms. The molecule has 1 aliphatic rings. The van der Waals surface area contributed by atoms with Crippen LogP contribution >= 0.6 is 16.1 Å². The van der Waals surface area contributed by atoms with Crippen molar-refractivity contribution in [3.05, 3.63) is 156 Å². The van der Waals surface area contributed by atoms with Crippen molar-refractivity contribution in [1.29, 1.82) is 0 Å². The summed E-state index contributed by atoms with van der Waals surface area (Å²) >= 11 is 0. The Morgan fingerprint density at radius 1 is 0.595 bits per heavy atom. The maximum Gasteiger partial charge on any atom is 0.0587 e. The molecule has 5 rings (SSSR count). The molecule has 0 unspecified atom stereocenters. The van der Waals surface area contributed by atoms with Gasteiger partial charge in [-0.3, -0.25) is 0 Å². The molecule has 0 N–H and O–H groups in total.